The molecule has 0 aliphatic rings. The molecule has 0 aliphatic carbocycles. The van der Waals surface area contributed by atoms with Gasteiger partial charge in [-0.25, -0.2) is 5.43 Å². The van der Waals surface area contributed by atoms with Crippen LogP contribution in [0.5, 0.6) is 0 Å². The van der Waals surface area contributed by atoms with Crippen molar-refractivity contribution in [3.63, 3.8) is 0 Å². The summed E-state index contributed by atoms with van der Waals surface area (Å²) in [6.45, 7) is 12.6. The lowest BCUT2D eigenvalue weighted by molar-refractivity contribution is -0.139. The molecule has 27 heavy (non-hydrogen) atoms. The fourth-order valence-corrected chi connectivity index (χ4v) is 2.77. The Labute approximate surface area is 160 Å². The summed E-state index contributed by atoms with van der Waals surface area (Å²) in [5.74, 6) is -1.17. The summed E-state index contributed by atoms with van der Waals surface area (Å²) in [6.07, 6.45) is 1.56. The van der Waals surface area contributed by atoms with E-state index < -0.39 is 11.8 Å². The lowest BCUT2D eigenvalue weighted by Crippen LogP contribution is -2.39. The Kier molecular flexibility index (Phi) is 6.55. The van der Waals surface area contributed by atoms with E-state index in [1.54, 1.807) is 6.21 Å². The Balaban J connectivity index is 2.12. The fourth-order valence-electron chi connectivity index (χ4n) is 2.77. The number of amides is 2. The molecule has 2 rings (SSSR count). The first-order valence-corrected chi connectivity index (χ1v) is 9.08. The molecule has 0 spiro atoms. The van der Waals surface area contributed by atoms with Crippen molar-refractivity contribution in [1.82, 2.24) is 15.3 Å². The van der Waals surface area contributed by atoms with Gasteiger partial charge in [0.15, 0.2) is 0 Å². The van der Waals surface area contributed by atoms with Crippen LogP contribution in [0.1, 0.15) is 41.9 Å². The number of benzene rings is 1. The summed E-state index contributed by atoms with van der Waals surface area (Å²) in [5, 5.41) is 6.49. The summed E-state index contributed by atoms with van der Waals surface area (Å²) in [6, 6.07) is 8.34. The van der Waals surface area contributed by atoms with Gasteiger partial charge in [0.1, 0.15) is 0 Å². The zero-order chi connectivity index (χ0) is 20.1. The van der Waals surface area contributed by atoms with Crippen molar-refractivity contribution in [3.05, 3.63) is 52.3 Å². The van der Waals surface area contributed by atoms with Crippen LogP contribution < -0.4 is 10.7 Å². The second-order valence-corrected chi connectivity index (χ2v) is 7.23. The van der Waals surface area contributed by atoms with Crippen LogP contribution in [0.15, 0.2) is 29.4 Å². The number of carbonyl (C=O) groups excluding carboxylic acids is 2. The molecule has 6 heteroatoms. The first-order valence-electron chi connectivity index (χ1n) is 9.08. The zero-order valence-corrected chi connectivity index (χ0v) is 16.9. The van der Waals surface area contributed by atoms with Gasteiger partial charge in [0, 0.05) is 29.2 Å². The van der Waals surface area contributed by atoms with E-state index in [0.717, 1.165) is 22.6 Å². The number of hydrogen-bond acceptors (Lipinski definition) is 3. The van der Waals surface area contributed by atoms with E-state index in [9.17, 15) is 9.59 Å². The monoisotopic (exact) mass is 368 g/mol. The Morgan fingerprint density at radius 3 is 2.41 bits per heavy atom. The van der Waals surface area contributed by atoms with E-state index in [0.29, 0.717) is 6.54 Å². The van der Waals surface area contributed by atoms with Crippen LogP contribution in [-0.4, -0.2) is 29.1 Å². The molecular weight excluding hydrogens is 340 g/mol. The molecule has 0 fully saturated rings. The normalized spacial score (nSPS) is 11.2. The number of hydrazone groups is 1. The highest BCUT2D eigenvalue weighted by atomic mass is 16.2. The number of hydrogen-bond donors (Lipinski definition) is 2. The van der Waals surface area contributed by atoms with Crippen molar-refractivity contribution in [3.8, 4) is 5.69 Å². The summed E-state index contributed by atoms with van der Waals surface area (Å²) in [4.78, 5) is 23.4. The van der Waals surface area contributed by atoms with Crippen molar-refractivity contribution in [2.45, 2.75) is 41.5 Å². The van der Waals surface area contributed by atoms with E-state index in [4.69, 9.17) is 0 Å². The minimum atomic E-state index is -0.769. The largest absolute Gasteiger partial charge is 0.348 e. The minimum Gasteiger partial charge on any atom is -0.348 e. The molecule has 1 heterocycles. The van der Waals surface area contributed by atoms with Gasteiger partial charge in [-0.2, -0.15) is 5.10 Å². The molecule has 0 aliphatic heterocycles. The van der Waals surface area contributed by atoms with Crippen LogP contribution in [0.2, 0.25) is 0 Å². The molecular formula is C21H28N4O2. The standard InChI is InChI=1S/C21H28N4O2/c1-13(2)11-22-20(26)21(27)24-23-12-18-10-16(5)25(17(18)6)19-8-7-14(3)15(4)9-19/h7-10,12-13H,11H2,1-6H3,(H,22,26)(H,24,27)/b23-12-. The van der Waals surface area contributed by atoms with Gasteiger partial charge in [-0.05, 0) is 62.9 Å². The Hall–Kier alpha value is -2.89. The molecule has 0 bridgehead atoms. The number of carbonyl (C=O) groups is 2. The molecule has 0 saturated carbocycles. The molecule has 2 aromatic rings. The van der Waals surface area contributed by atoms with Crippen LogP contribution >= 0.6 is 0 Å². The van der Waals surface area contributed by atoms with Gasteiger partial charge in [-0.3, -0.25) is 9.59 Å². The topological polar surface area (TPSA) is 75.5 Å². The highest BCUT2D eigenvalue weighted by Gasteiger charge is 2.13. The highest BCUT2D eigenvalue weighted by molar-refractivity contribution is 6.35. The minimum absolute atomic E-state index is 0.279. The van der Waals surface area contributed by atoms with Crippen molar-refractivity contribution >= 4 is 18.0 Å². The number of aryl methyl sites for hydroxylation is 3. The van der Waals surface area contributed by atoms with E-state index in [1.807, 2.05) is 33.8 Å². The Bertz CT molecular complexity index is 879. The average Bonchev–Trinajstić information content (AvgIpc) is 2.89. The van der Waals surface area contributed by atoms with E-state index in [-0.39, 0.29) is 5.92 Å². The van der Waals surface area contributed by atoms with Crippen molar-refractivity contribution in [2.75, 3.05) is 6.54 Å². The van der Waals surface area contributed by atoms with Crippen LogP contribution in [0.3, 0.4) is 0 Å². The molecule has 1 aromatic carbocycles. The lowest BCUT2D eigenvalue weighted by atomic mass is 10.1. The first-order chi connectivity index (χ1) is 12.7. The van der Waals surface area contributed by atoms with Gasteiger partial charge in [0.05, 0.1) is 6.21 Å². The maximum Gasteiger partial charge on any atom is 0.329 e. The second-order valence-electron chi connectivity index (χ2n) is 7.23. The van der Waals surface area contributed by atoms with Gasteiger partial charge in [-0.15, -0.1) is 0 Å². The van der Waals surface area contributed by atoms with E-state index in [1.165, 1.54) is 11.1 Å². The van der Waals surface area contributed by atoms with Crippen molar-refractivity contribution in [2.24, 2.45) is 11.0 Å². The SMILES string of the molecule is Cc1ccc(-n2c(C)cc(/C=N\NC(=O)C(=O)NCC(C)C)c2C)cc1C. The molecule has 0 atom stereocenters. The lowest BCUT2D eigenvalue weighted by Gasteiger charge is -2.11. The highest BCUT2D eigenvalue weighted by Crippen LogP contribution is 2.21. The van der Waals surface area contributed by atoms with Gasteiger partial charge in [-0.1, -0.05) is 19.9 Å². The molecule has 0 saturated heterocycles. The maximum absolute atomic E-state index is 11.8. The number of nitrogens with one attached hydrogen (secondary N) is 2. The number of nitrogens with zero attached hydrogens (tertiary/aromatic N) is 2. The number of rotatable bonds is 5. The Morgan fingerprint density at radius 2 is 1.78 bits per heavy atom. The fraction of sp³-hybridized carbons (Fsp3) is 0.381. The van der Waals surface area contributed by atoms with Gasteiger partial charge >= 0.3 is 11.8 Å². The Morgan fingerprint density at radius 1 is 1.07 bits per heavy atom. The zero-order valence-electron chi connectivity index (χ0n) is 16.9. The predicted octanol–water partition coefficient (Wildman–Crippen LogP) is 2.93. The third-order valence-corrected chi connectivity index (χ3v) is 4.47. The average molecular weight is 368 g/mol. The smallest absolute Gasteiger partial charge is 0.329 e. The van der Waals surface area contributed by atoms with Crippen molar-refractivity contribution < 1.29 is 9.59 Å². The molecule has 0 unspecified atom stereocenters. The molecule has 2 N–H and O–H groups in total. The molecule has 144 valence electrons. The van der Waals surface area contributed by atoms with Crippen LogP contribution in [0, 0.1) is 33.6 Å². The van der Waals surface area contributed by atoms with Gasteiger partial charge in [0.25, 0.3) is 0 Å². The molecule has 6 nitrogen and oxygen atoms in total. The van der Waals surface area contributed by atoms with Crippen LogP contribution in [0.25, 0.3) is 5.69 Å². The second kappa shape index (κ2) is 8.66. The van der Waals surface area contributed by atoms with Crippen molar-refractivity contribution in [1.29, 1.82) is 0 Å². The summed E-state index contributed by atoms with van der Waals surface area (Å²) in [7, 11) is 0. The summed E-state index contributed by atoms with van der Waals surface area (Å²) in [5.41, 5.74) is 8.81. The molecule has 2 amide bonds. The third-order valence-electron chi connectivity index (χ3n) is 4.47. The maximum atomic E-state index is 11.8. The van der Waals surface area contributed by atoms with Crippen LogP contribution in [0.4, 0.5) is 0 Å². The molecule has 0 radical (unpaired) electrons. The predicted molar refractivity (Wildman–Crippen MR) is 108 cm³/mol. The van der Waals surface area contributed by atoms with Gasteiger partial charge in [0.2, 0.25) is 0 Å². The van der Waals surface area contributed by atoms with E-state index >= 15 is 0 Å². The number of aromatic nitrogens is 1. The molecule has 1 aromatic heterocycles. The first kappa shape index (κ1) is 20.4. The van der Waals surface area contributed by atoms with Crippen LogP contribution in [-0.2, 0) is 9.59 Å². The summed E-state index contributed by atoms with van der Waals surface area (Å²) >= 11 is 0. The summed E-state index contributed by atoms with van der Waals surface area (Å²) < 4.78 is 2.14. The van der Waals surface area contributed by atoms with E-state index in [2.05, 4.69) is 52.5 Å². The quantitative estimate of drug-likeness (QED) is 0.484. The third kappa shape index (κ3) is 5.06. The van der Waals surface area contributed by atoms with Gasteiger partial charge < -0.3 is 9.88 Å².